The summed E-state index contributed by atoms with van der Waals surface area (Å²) < 4.78 is 23.5. The van der Waals surface area contributed by atoms with Gasteiger partial charge in [0.15, 0.2) is 0 Å². The van der Waals surface area contributed by atoms with Gasteiger partial charge in [0.25, 0.3) is 5.91 Å². The zero-order chi connectivity index (χ0) is 19.0. The summed E-state index contributed by atoms with van der Waals surface area (Å²) in [5, 5.41) is 13.7. The Morgan fingerprint density at radius 2 is 1.89 bits per heavy atom. The second-order valence-corrected chi connectivity index (χ2v) is 11.1. The Kier molecular flexibility index (Phi) is 3.73. The van der Waals surface area contributed by atoms with Crippen LogP contribution in [0.3, 0.4) is 0 Å². The quantitative estimate of drug-likeness (QED) is 0.752. The first-order valence-corrected chi connectivity index (χ1v) is 11.7. The van der Waals surface area contributed by atoms with E-state index >= 15 is 0 Å². The third-order valence-electron chi connectivity index (χ3n) is 6.88. The molecule has 4 bridgehead atoms. The number of sulfone groups is 1. The Morgan fingerprint density at radius 3 is 2.44 bits per heavy atom. The van der Waals surface area contributed by atoms with Crippen molar-refractivity contribution in [2.24, 2.45) is 17.8 Å². The summed E-state index contributed by atoms with van der Waals surface area (Å²) in [4.78, 5) is 21.2. The van der Waals surface area contributed by atoms with Gasteiger partial charge in [-0.25, -0.2) is 18.4 Å². The normalized spacial score (nSPS) is 37.4. The summed E-state index contributed by atoms with van der Waals surface area (Å²) in [5.74, 6) is 1.17. The van der Waals surface area contributed by atoms with Crippen molar-refractivity contribution in [2.45, 2.75) is 67.7 Å². The Labute approximate surface area is 158 Å². The number of carbonyl (C=O) groups is 1. The predicted molar refractivity (Wildman–Crippen MR) is 96.9 cm³/mol. The van der Waals surface area contributed by atoms with Gasteiger partial charge in [-0.05, 0) is 62.7 Å². The first kappa shape index (κ1) is 17.6. The van der Waals surface area contributed by atoms with Crippen LogP contribution in [0.5, 0.6) is 0 Å². The molecule has 2 atom stereocenters. The van der Waals surface area contributed by atoms with Gasteiger partial charge < -0.3 is 10.4 Å². The highest BCUT2D eigenvalue weighted by molar-refractivity contribution is 7.90. The highest BCUT2D eigenvalue weighted by atomic mass is 32.2. The number of aliphatic hydroxyl groups is 1. The molecule has 0 aliphatic heterocycles. The molecule has 7 nitrogen and oxygen atoms in total. The minimum atomic E-state index is -3.50. The van der Waals surface area contributed by atoms with E-state index in [4.69, 9.17) is 0 Å². The van der Waals surface area contributed by atoms with Crippen molar-refractivity contribution in [1.29, 1.82) is 0 Å². The Bertz CT molecular complexity index is 896. The Hall–Kier alpha value is -1.54. The second-order valence-electron chi connectivity index (χ2n) is 9.19. The fourth-order valence-electron chi connectivity index (χ4n) is 5.85. The average Bonchev–Trinajstić information content (AvgIpc) is 3.40. The lowest BCUT2D eigenvalue weighted by atomic mass is 9.52. The molecule has 1 aromatic rings. The van der Waals surface area contributed by atoms with Gasteiger partial charge in [-0.1, -0.05) is 0 Å². The summed E-state index contributed by atoms with van der Waals surface area (Å²) in [7, 11) is -3.50. The summed E-state index contributed by atoms with van der Waals surface area (Å²) >= 11 is 0. The van der Waals surface area contributed by atoms with Crippen molar-refractivity contribution in [1.82, 2.24) is 15.3 Å². The molecule has 1 amide bonds. The van der Waals surface area contributed by atoms with E-state index in [0.717, 1.165) is 51.2 Å². The number of nitrogens with zero attached hydrogens (tertiary/aromatic N) is 2. The zero-order valence-corrected chi connectivity index (χ0v) is 16.2. The van der Waals surface area contributed by atoms with E-state index in [1.54, 1.807) is 0 Å². The van der Waals surface area contributed by atoms with Crippen molar-refractivity contribution >= 4 is 15.7 Å². The van der Waals surface area contributed by atoms with Gasteiger partial charge in [0, 0.05) is 24.4 Å². The molecule has 5 aliphatic rings. The van der Waals surface area contributed by atoms with Crippen LogP contribution < -0.4 is 5.32 Å². The van der Waals surface area contributed by atoms with Crippen LogP contribution in [0.1, 0.15) is 66.9 Å². The number of aromatic nitrogens is 2. The van der Waals surface area contributed by atoms with E-state index in [0.29, 0.717) is 29.0 Å². The van der Waals surface area contributed by atoms with E-state index in [1.165, 1.54) is 6.20 Å². The molecular weight excluding hydrogens is 366 g/mol. The van der Waals surface area contributed by atoms with Crippen LogP contribution in [0, 0.1) is 17.8 Å². The van der Waals surface area contributed by atoms with Crippen LogP contribution in [-0.4, -0.2) is 47.3 Å². The fraction of sp³-hybridized carbons (Fsp3) is 0.737. The molecule has 2 N–H and O–H groups in total. The lowest BCUT2D eigenvalue weighted by Gasteiger charge is -2.58. The van der Waals surface area contributed by atoms with Crippen molar-refractivity contribution in [3.8, 4) is 0 Å². The van der Waals surface area contributed by atoms with Crippen molar-refractivity contribution < 1.29 is 18.3 Å². The Balaban J connectivity index is 1.40. The predicted octanol–water partition coefficient (Wildman–Crippen LogP) is 1.43. The van der Waals surface area contributed by atoms with E-state index in [2.05, 4.69) is 15.3 Å². The largest absolute Gasteiger partial charge is 0.390 e. The van der Waals surface area contributed by atoms with Gasteiger partial charge >= 0.3 is 0 Å². The number of rotatable bonds is 4. The van der Waals surface area contributed by atoms with E-state index in [9.17, 15) is 18.3 Å². The smallest absolute Gasteiger partial charge is 0.254 e. The monoisotopic (exact) mass is 391 g/mol. The minimum Gasteiger partial charge on any atom is -0.390 e. The summed E-state index contributed by atoms with van der Waals surface area (Å²) in [5.41, 5.74) is 0.430. The maximum Gasteiger partial charge on any atom is 0.254 e. The molecule has 0 saturated heterocycles. The topological polar surface area (TPSA) is 109 Å². The highest BCUT2D eigenvalue weighted by Gasteiger charge is 2.55. The molecule has 0 radical (unpaired) electrons. The number of nitrogens with one attached hydrogen (secondary N) is 1. The van der Waals surface area contributed by atoms with Crippen molar-refractivity contribution in [2.75, 3.05) is 6.26 Å². The maximum absolute atomic E-state index is 13.0. The summed E-state index contributed by atoms with van der Waals surface area (Å²) in [6.45, 7) is 0. The highest BCUT2D eigenvalue weighted by Crippen LogP contribution is 2.55. The minimum absolute atomic E-state index is 0.0796. The second kappa shape index (κ2) is 5.73. The lowest BCUT2D eigenvalue weighted by molar-refractivity contribution is -0.136. The number of carbonyl (C=O) groups excluding carboxylic acids is 1. The SMILES string of the molecule is CS(=O)(=O)c1ncc(C(=O)N[C@H]2C3CC4CC2C[C@@](O)(C4)C3)c(C2CC2)n1. The summed E-state index contributed by atoms with van der Waals surface area (Å²) in [6.07, 6.45) is 8.88. The van der Waals surface area contributed by atoms with Crippen molar-refractivity contribution in [3.05, 3.63) is 17.5 Å². The molecular formula is C19H25N3O4S. The standard InChI is InChI=1S/C19H25N3O4S/c1-27(25,26)18-20-9-14(16(22-18)11-2-3-11)17(23)21-15-12-4-10-5-13(15)8-19(24,6-10)7-12/h9-13,15,24H,2-8H2,1H3,(H,21,23)/t10?,12?,13?,15-,19+. The molecule has 8 heteroatoms. The third-order valence-corrected chi connectivity index (χ3v) is 7.74. The van der Waals surface area contributed by atoms with E-state index in [-0.39, 0.29) is 23.0 Å². The molecule has 5 fully saturated rings. The van der Waals surface area contributed by atoms with Gasteiger partial charge in [-0.2, -0.15) is 0 Å². The third kappa shape index (κ3) is 3.06. The maximum atomic E-state index is 13.0. The van der Waals surface area contributed by atoms with E-state index in [1.807, 2.05) is 0 Å². The summed E-state index contributed by atoms with van der Waals surface area (Å²) in [6, 6.07) is 0.0796. The van der Waals surface area contributed by atoms with Crippen LogP contribution in [-0.2, 0) is 9.84 Å². The van der Waals surface area contributed by atoms with Crippen LogP contribution in [0.2, 0.25) is 0 Å². The van der Waals surface area contributed by atoms with E-state index < -0.39 is 15.4 Å². The molecule has 146 valence electrons. The number of hydrogen-bond acceptors (Lipinski definition) is 6. The lowest BCUT2D eigenvalue weighted by Crippen LogP contribution is -2.61. The van der Waals surface area contributed by atoms with Crippen molar-refractivity contribution in [3.63, 3.8) is 0 Å². The first-order chi connectivity index (χ1) is 12.7. The van der Waals surface area contributed by atoms with Crippen LogP contribution in [0.15, 0.2) is 11.4 Å². The van der Waals surface area contributed by atoms with Gasteiger partial charge in [-0.15, -0.1) is 0 Å². The zero-order valence-electron chi connectivity index (χ0n) is 15.4. The van der Waals surface area contributed by atoms with Crippen LogP contribution in [0.4, 0.5) is 0 Å². The number of hydrogen-bond donors (Lipinski definition) is 2. The molecule has 6 rings (SSSR count). The molecule has 5 aliphatic carbocycles. The molecule has 2 unspecified atom stereocenters. The molecule has 1 aromatic heterocycles. The molecule has 0 spiro atoms. The van der Waals surface area contributed by atoms with Crippen LogP contribution in [0.25, 0.3) is 0 Å². The molecule has 1 heterocycles. The van der Waals surface area contributed by atoms with Gasteiger partial charge in [-0.3, -0.25) is 4.79 Å². The molecule has 27 heavy (non-hydrogen) atoms. The van der Waals surface area contributed by atoms with Gasteiger partial charge in [0.05, 0.1) is 16.9 Å². The Morgan fingerprint density at radius 1 is 1.22 bits per heavy atom. The first-order valence-electron chi connectivity index (χ1n) is 9.82. The molecule has 5 saturated carbocycles. The van der Waals surface area contributed by atoms with Gasteiger partial charge in [0.1, 0.15) is 0 Å². The van der Waals surface area contributed by atoms with Gasteiger partial charge in [0.2, 0.25) is 15.0 Å². The number of amides is 1. The fourth-order valence-corrected chi connectivity index (χ4v) is 6.35. The molecule has 0 aromatic carbocycles. The van der Waals surface area contributed by atoms with Crippen LogP contribution >= 0.6 is 0 Å². The average molecular weight is 391 g/mol.